The molecule has 304 valence electrons. The van der Waals surface area contributed by atoms with Crippen LogP contribution in [0.3, 0.4) is 0 Å². The Balaban J connectivity index is 4.46. The molecule has 0 aliphatic rings. The number of rotatable bonds is 36. The molecule has 0 N–H and O–H groups in total. The van der Waals surface area contributed by atoms with Crippen molar-refractivity contribution in [1.82, 2.24) is 0 Å². The predicted molar refractivity (Wildman–Crippen MR) is 217 cm³/mol. The number of carbonyl (C=O) groups is 3. The van der Waals surface area contributed by atoms with E-state index in [1.54, 1.807) is 21.1 Å². The summed E-state index contributed by atoms with van der Waals surface area (Å²) in [5, 5.41) is 11.6. The molecule has 2 unspecified atom stereocenters. The highest BCUT2D eigenvalue weighted by Crippen LogP contribution is 2.13. The highest BCUT2D eigenvalue weighted by atomic mass is 16.6. The molecule has 0 fully saturated rings. The van der Waals surface area contributed by atoms with Gasteiger partial charge in [-0.15, -0.1) is 0 Å². The van der Waals surface area contributed by atoms with Crippen molar-refractivity contribution in [3.63, 3.8) is 0 Å². The van der Waals surface area contributed by atoms with Gasteiger partial charge in [0.15, 0.2) is 6.10 Å². The Morgan fingerprint density at radius 1 is 0.585 bits per heavy atom. The van der Waals surface area contributed by atoms with E-state index in [4.69, 9.17) is 14.2 Å². The average Bonchev–Trinajstić information content (AvgIpc) is 3.11. The second-order valence-corrected chi connectivity index (χ2v) is 14.9. The summed E-state index contributed by atoms with van der Waals surface area (Å²) in [7, 11) is 5.38. The number of ether oxygens (including phenoxy) is 3. The number of carbonyl (C=O) groups excluding carboxylic acids is 3. The number of likely N-dealkylation sites (N-methyl/N-ethyl adjacent to an activating group) is 1. The molecule has 0 heterocycles. The Hall–Kier alpha value is -2.97. The van der Waals surface area contributed by atoms with E-state index < -0.39 is 18.1 Å². The fourth-order valence-corrected chi connectivity index (χ4v) is 5.72. The lowest BCUT2D eigenvalue weighted by atomic mass is 10.1. The van der Waals surface area contributed by atoms with Crippen molar-refractivity contribution >= 4 is 17.9 Å². The van der Waals surface area contributed by atoms with Crippen molar-refractivity contribution in [2.45, 2.75) is 167 Å². The second-order valence-electron chi connectivity index (χ2n) is 14.9. The third-order valence-electron chi connectivity index (χ3n) is 8.98. The van der Waals surface area contributed by atoms with Crippen LogP contribution in [0.4, 0.5) is 0 Å². The van der Waals surface area contributed by atoms with Gasteiger partial charge in [-0.3, -0.25) is 9.59 Å². The van der Waals surface area contributed by atoms with Crippen molar-refractivity contribution in [3.05, 3.63) is 60.8 Å². The summed E-state index contributed by atoms with van der Waals surface area (Å²) < 4.78 is 17.1. The van der Waals surface area contributed by atoms with Crippen LogP contribution in [0.15, 0.2) is 60.8 Å². The summed E-state index contributed by atoms with van der Waals surface area (Å²) >= 11 is 0. The minimum Gasteiger partial charge on any atom is -0.544 e. The van der Waals surface area contributed by atoms with Crippen LogP contribution in [0.25, 0.3) is 0 Å². The molecule has 0 amide bonds. The number of hydrogen-bond donors (Lipinski definition) is 0. The van der Waals surface area contributed by atoms with Crippen LogP contribution in [0, 0.1) is 0 Å². The van der Waals surface area contributed by atoms with Gasteiger partial charge in [-0.2, -0.15) is 0 Å². The monoisotopic (exact) mass is 744 g/mol. The first kappa shape index (κ1) is 50.0. The maximum absolute atomic E-state index is 12.7. The molecule has 0 bridgehead atoms. The molecule has 0 aromatic rings. The van der Waals surface area contributed by atoms with E-state index in [0.29, 0.717) is 6.42 Å². The molecule has 0 spiro atoms. The molecular formula is C45H77NO7. The van der Waals surface area contributed by atoms with Gasteiger partial charge in [0.1, 0.15) is 12.6 Å². The number of carboxylic acids is 1. The van der Waals surface area contributed by atoms with Gasteiger partial charge in [-0.1, -0.05) is 139 Å². The Kier molecular flexibility index (Phi) is 34.0. The summed E-state index contributed by atoms with van der Waals surface area (Å²) in [5.41, 5.74) is 0. The molecule has 0 saturated heterocycles. The summed E-state index contributed by atoms with van der Waals surface area (Å²) in [6.45, 7) is 4.46. The summed E-state index contributed by atoms with van der Waals surface area (Å²) in [4.78, 5) is 36.8. The molecule has 0 aromatic carbocycles. The first-order valence-corrected chi connectivity index (χ1v) is 20.9. The van der Waals surface area contributed by atoms with Crippen molar-refractivity contribution in [2.24, 2.45) is 0 Å². The van der Waals surface area contributed by atoms with E-state index in [9.17, 15) is 19.5 Å². The normalized spacial score (nSPS) is 13.6. The van der Waals surface area contributed by atoms with Gasteiger partial charge in [0.2, 0.25) is 0 Å². The lowest BCUT2D eigenvalue weighted by Crippen LogP contribution is -2.55. The Bertz CT molecular complexity index is 1050. The van der Waals surface area contributed by atoms with E-state index in [1.807, 2.05) is 30.4 Å². The largest absolute Gasteiger partial charge is 0.544 e. The molecule has 53 heavy (non-hydrogen) atoms. The van der Waals surface area contributed by atoms with Crippen LogP contribution < -0.4 is 5.11 Å². The smallest absolute Gasteiger partial charge is 0.306 e. The van der Waals surface area contributed by atoms with E-state index in [2.05, 4.69) is 44.2 Å². The SMILES string of the molecule is CC/C=C/C=C/C=C/C=C/CCCCCCCC(=O)OC(COCCC(C(=O)[O-])[N+](C)(C)C)COC(=O)CCCCC/C=C/CCCCCCCCC. The zero-order valence-corrected chi connectivity index (χ0v) is 34.4. The maximum atomic E-state index is 12.7. The zero-order chi connectivity index (χ0) is 39.3. The maximum Gasteiger partial charge on any atom is 0.306 e. The molecule has 0 aliphatic heterocycles. The molecule has 0 saturated carbocycles. The summed E-state index contributed by atoms with van der Waals surface area (Å²) in [6, 6.07) is -0.734. The number of esters is 2. The lowest BCUT2D eigenvalue weighted by molar-refractivity contribution is -0.889. The number of allylic oxidation sites excluding steroid dienone is 10. The topological polar surface area (TPSA) is 102 Å². The summed E-state index contributed by atoms with van der Waals surface area (Å²) in [6.07, 6.45) is 42.4. The van der Waals surface area contributed by atoms with Gasteiger partial charge >= 0.3 is 11.9 Å². The minimum atomic E-state index is -1.13. The highest BCUT2D eigenvalue weighted by Gasteiger charge is 2.25. The molecule has 0 radical (unpaired) electrons. The van der Waals surface area contributed by atoms with Crippen LogP contribution in [0.2, 0.25) is 0 Å². The minimum absolute atomic E-state index is 0.0238. The van der Waals surface area contributed by atoms with Crippen molar-refractivity contribution < 1.29 is 38.2 Å². The van der Waals surface area contributed by atoms with Crippen LogP contribution in [0.1, 0.15) is 155 Å². The predicted octanol–water partition coefficient (Wildman–Crippen LogP) is 9.69. The number of nitrogens with zero attached hydrogens (tertiary/aromatic N) is 1. The first-order valence-electron chi connectivity index (χ1n) is 20.9. The van der Waals surface area contributed by atoms with Crippen molar-refractivity contribution in [2.75, 3.05) is 41.0 Å². The van der Waals surface area contributed by atoms with Crippen LogP contribution in [-0.4, -0.2) is 75.5 Å². The number of hydrogen-bond acceptors (Lipinski definition) is 7. The van der Waals surface area contributed by atoms with Gasteiger partial charge in [0.05, 0.1) is 40.3 Å². The van der Waals surface area contributed by atoms with Gasteiger partial charge < -0.3 is 28.6 Å². The molecule has 0 rings (SSSR count). The molecule has 8 heteroatoms. The van der Waals surface area contributed by atoms with Crippen LogP contribution in [-0.2, 0) is 28.6 Å². The van der Waals surface area contributed by atoms with Crippen molar-refractivity contribution in [3.8, 4) is 0 Å². The quantitative estimate of drug-likeness (QED) is 0.0207. The number of unbranched alkanes of at least 4 members (excludes halogenated alkanes) is 15. The molecular weight excluding hydrogens is 666 g/mol. The van der Waals surface area contributed by atoms with Gasteiger partial charge in [0.25, 0.3) is 0 Å². The van der Waals surface area contributed by atoms with Gasteiger partial charge in [-0.05, 0) is 57.8 Å². The van der Waals surface area contributed by atoms with E-state index >= 15 is 0 Å². The molecule has 0 aromatic heterocycles. The zero-order valence-electron chi connectivity index (χ0n) is 34.4. The van der Waals surface area contributed by atoms with E-state index in [1.165, 1.54) is 44.9 Å². The Morgan fingerprint density at radius 2 is 1.08 bits per heavy atom. The fraction of sp³-hybridized carbons (Fsp3) is 0.711. The second kappa shape index (κ2) is 36.0. The number of quaternary nitrogens is 1. The van der Waals surface area contributed by atoms with Crippen molar-refractivity contribution in [1.29, 1.82) is 0 Å². The Morgan fingerprint density at radius 3 is 1.64 bits per heavy atom. The van der Waals surface area contributed by atoms with Crippen LogP contribution >= 0.6 is 0 Å². The average molecular weight is 744 g/mol. The molecule has 2 atom stereocenters. The number of carboxylic acid groups (broad SMARTS) is 1. The third kappa shape index (κ3) is 34.5. The third-order valence-corrected chi connectivity index (χ3v) is 8.98. The van der Waals surface area contributed by atoms with E-state index in [0.717, 1.165) is 77.0 Å². The fourth-order valence-electron chi connectivity index (χ4n) is 5.72. The lowest BCUT2D eigenvalue weighted by Gasteiger charge is -2.34. The first-order chi connectivity index (χ1) is 25.6. The number of aliphatic carboxylic acids is 1. The molecule has 8 nitrogen and oxygen atoms in total. The van der Waals surface area contributed by atoms with Crippen LogP contribution in [0.5, 0.6) is 0 Å². The standard InChI is InChI=1S/C45H77NO7/c1-6-8-10-12-14-16-18-20-22-24-26-28-30-32-34-36-44(48)53-41(39-51-38-37-42(45(49)50)46(3,4)5)40-52-43(47)35-33-31-29-27-25-23-21-19-17-15-13-11-9-7-2/h8,10,12,14,16,18,20,22-23,25,41-42H,6-7,9,11,13,15,17,19,21,24,26-40H2,1-5H3/b10-8+,14-12+,18-16+,22-20+,25-23+. The summed E-state index contributed by atoms with van der Waals surface area (Å²) in [5.74, 6) is -1.79. The van der Waals surface area contributed by atoms with Gasteiger partial charge in [0, 0.05) is 19.3 Å². The van der Waals surface area contributed by atoms with Gasteiger partial charge in [-0.25, -0.2) is 0 Å². The highest BCUT2D eigenvalue weighted by molar-refractivity contribution is 5.70. The van der Waals surface area contributed by atoms with E-state index in [-0.39, 0.29) is 49.1 Å². The Labute approximate surface area is 324 Å². The molecule has 0 aliphatic carbocycles.